The second-order valence-electron chi connectivity index (χ2n) is 2.98. The fourth-order valence-electron chi connectivity index (χ4n) is 1.15. The van der Waals surface area contributed by atoms with Crippen LogP contribution < -0.4 is 0 Å². The van der Waals surface area contributed by atoms with Crippen molar-refractivity contribution in [3.8, 4) is 0 Å². The van der Waals surface area contributed by atoms with E-state index in [4.69, 9.17) is 4.74 Å². The highest BCUT2D eigenvalue weighted by Gasteiger charge is 2.17. The lowest BCUT2D eigenvalue weighted by molar-refractivity contribution is -0.142. The highest BCUT2D eigenvalue weighted by Crippen LogP contribution is 2.16. The van der Waals surface area contributed by atoms with Gasteiger partial charge >= 0.3 is 5.97 Å². The van der Waals surface area contributed by atoms with Crippen molar-refractivity contribution in [2.45, 2.75) is 38.4 Å². The molecule has 0 aliphatic heterocycles. The molecule has 0 aromatic heterocycles. The standard InChI is InChI=1S/C11H20O2S/c1-4-6-7-8-9-10(14-3)11(12)13-5-2/h4,6,10H,5,7-9H2,1-3H3/b6-4+. The summed E-state index contributed by atoms with van der Waals surface area (Å²) in [5, 5.41) is 0.0141. The van der Waals surface area contributed by atoms with Gasteiger partial charge in [-0.1, -0.05) is 12.2 Å². The number of unbranched alkanes of at least 4 members (excludes halogenated alkanes) is 1. The van der Waals surface area contributed by atoms with Crippen LogP contribution in [0.5, 0.6) is 0 Å². The van der Waals surface area contributed by atoms with Crippen molar-refractivity contribution >= 4 is 17.7 Å². The molecule has 0 amide bonds. The predicted octanol–water partition coefficient (Wildman–Crippen LogP) is 3.03. The van der Waals surface area contributed by atoms with E-state index in [0.717, 1.165) is 19.3 Å². The molecule has 14 heavy (non-hydrogen) atoms. The molecule has 0 N–H and O–H groups in total. The first-order valence-corrected chi connectivity index (χ1v) is 6.35. The molecular formula is C11H20O2S. The van der Waals surface area contributed by atoms with Crippen molar-refractivity contribution in [2.24, 2.45) is 0 Å². The molecule has 1 unspecified atom stereocenters. The number of carbonyl (C=O) groups is 1. The molecule has 0 rings (SSSR count). The summed E-state index contributed by atoms with van der Waals surface area (Å²) in [6, 6.07) is 0. The molecule has 1 atom stereocenters. The normalized spacial score (nSPS) is 13.1. The van der Waals surface area contributed by atoms with Gasteiger partial charge in [-0.15, -0.1) is 0 Å². The fraction of sp³-hybridized carbons (Fsp3) is 0.727. The van der Waals surface area contributed by atoms with Crippen molar-refractivity contribution in [1.82, 2.24) is 0 Å². The smallest absolute Gasteiger partial charge is 0.319 e. The number of thioether (sulfide) groups is 1. The van der Waals surface area contributed by atoms with E-state index >= 15 is 0 Å². The number of hydrogen-bond acceptors (Lipinski definition) is 3. The number of hydrogen-bond donors (Lipinski definition) is 0. The van der Waals surface area contributed by atoms with Gasteiger partial charge in [0.2, 0.25) is 0 Å². The van der Waals surface area contributed by atoms with Crippen LogP contribution in [0.2, 0.25) is 0 Å². The van der Waals surface area contributed by atoms with Gasteiger partial charge in [-0.05, 0) is 39.4 Å². The second kappa shape index (κ2) is 9.13. The number of carbonyl (C=O) groups excluding carboxylic acids is 1. The molecule has 0 spiro atoms. The van der Waals surface area contributed by atoms with E-state index < -0.39 is 0 Å². The average Bonchev–Trinajstić information content (AvgIpc) is 2.18. The molecule has 0 saturated heterocycles. The first-order valence-electron chi connectivity index (χ1n) is 5.06. The predicted molar refractivity (Wildman–Crippen MR) is 62.6 cm³/mol. The van der Waals surface area contributed by atoms with Gasteiger partial charge in [-0.25, -0.2) is 0 Å². The highest BCUT2D eigenvalue weighted by atomic mass is 32.2. The Morgan fingerprint density at radius 1 is 1.57 bits per heavy atom. The van der Waals surface area contributed by atoms with E-state index in [9.17, 15) is 4.79 Å². The van der Waals surface area contributed by atoms with E-state index in [1.54, 1.807) is 11.8 Å². The Balaban J connectivity index is 3.72. The van der Waals surface area contributed by atoms with Crippen LogP contribution >= 0.6 is 11.8 Å². The Hall–Kier alpha value is -0.440. The maximum atomic E-state index is 11.4. The summed E-state index contributed by atoms with van der Waals surface area (Å²) in [5.74, 6) is -0.0690. The lowest BCUT2D eigenvalue weighted by Crippen LogP contribution is -2.19. The lowest BCUT2D eigenvalue weighted by atomic mass is 10.2. The van der Waals surface area contributed by atoms with E-state index in [1.807, 2.05) is 26.2 Å². The van der Waals surface area contributed by atoms with Crippen LogP contribution in [0, 0.1) is 0 Å². The fourth-order valence-corrected chi connectivity index (χ4v) is 1.82. The van der Waals surface area contributed by atoms with Crippen LogP contribution in [0.15, 0.2) is 12.2 Å². The van der Waals surface area contributed by atoms with E-state index in [-0.39, 0.29) is 11.2 Å². The highest BCUT2D eigenvalue weighted by molar-refractivity contribution is 7.99. The maximum Gasteiger partial charge on any atom is 0.319 e. The van der Waals surface area contributed by atoms with Crippen molar-refractivity contribution in [3.63, 3.8) is 0 Å². The maximum absolute atomic E-state index is 11.4. The lowest BCUT2D eigenvalue weighted by Gasteiger charge is -2.11. The Labute approximate surface area is 91.1 Å². The third-order valence-electron chi connectivity index (χ3n) is 1.91. The summed E-state index contributed by atoms with van der Waals surface area (Å²) >= 11 is 1.58. The van der Waals surface area contributed by atoms with Gasteiger partial charge in [0.1, 0.15) is 5.25 Å². The van der Waals surface area contributed by atoms with Gasteiger partial charge < -0.3 is 4.74 Å². The van der Waals surface area contributed by atoms with Crippen LogP contribution in [0.25, 0.3) is 0 Å². The molecule has 0 saturated carbocycles. The summed E-state index contributed by atoms with van der Waals surface area (Å²) in [6.45, 7) is 4.33. The van der Waals surface area contributed by atoms with Gasteiger partial charge in [0, 0.05) is 0 Å². The quantitative estimate of drug-likeness (QED) is 0.372. The molecule has 0 aromatic carbocycles. The molecular weight excluding hydrogens is 196 g/mol. The SMILES string of the molecule is C/C=C/CCCC(SC)C(=O)OCC. The van der Waals surface area contributed by atoms with E-state index in [0.29, 0.717) is 6.61 Å². The minimum Gasteiger partial charge on any atom is -0.465 e. The van der Waals surface area contributed by atoms with Gasteiger partial charge in [-0.2, -0.15) is 11.8 Å². The number of allylic oxidation sites excluding steroid dienone is 2. The first-order chi connectivity index (χ1) is 6.76. The largest absolute Gasteiger partial charge is 0.465 e. The summed E-state index contributed by atoms with van der Waals surface area (Å²) in [7, 11) is 0. The third-order valence-corrected chi connectivity index (χ3v) is 2.90. The molecule has 0 radical (unpaired) electrons. The molecule has 0 aromatic rings. The zero-order valence-electron chi connectivity index (χ0n) is 9.29. The Morgan fingerprint density at radius 2 is 2.29 bits per heavy atom. The zero-order valence-corrected chi connectivity index (χ0v) is 10.1. The molecule has 0 aliphatic carbocycles. The zero-order chi connectivity index (χ0) is 10.8. The Kier molecular flexibility index (Phi) is 8.84. The van der Waals surface area contributed by atoms with Crippen LogP contribution in [0.1, 0.15) is 33.1 Å². The minimum absolute atomic E-state index is 0.0141. The summed E-state index contributed by atoms with van der Waals surface area (Å²) < 4.78 is 4.97. The molecule has 0 aliphatic rings. The first kappa shape index (κ1) is 13.6. The van der Waals surface area contributed by atoms with Crippen LogP contribution in [0.4, 0.5) is 0 Å². The van der Waals surface area contributed by atoms with Gasteiger partial charge in [-0.3, -0.25) is 4.79 Å². The molecule has 2 nitrogen and oxygen atoms in total. The summed E-state index contributed by atoms with van der Waals surface area (Å²) in [6.07, 6.45) is 9.13. The van der Waals surface area contributed by atoms with Gasteiger partial charge in [0.15, 0.2) is 0 Å². The van der Waals surface area contributed by atoms with Crippen LogP contribution in [-0.4, -0.2) is 24.1 Å². The van der Waals surface area contributed by atoms with E-state index in [2.05, 4.69) is 6.08 Å². The Morgan fingerprint density at radius 3 is 2.79 bits per heavy atom. The average molecular weight is 216 g/mol. The van der Waals surface area contributed by atoms with Gasteiger partial charge in [0.25, 0.3) is 0 Å². The second-order valence-corrected chi connectivity index (χ2v) is 4.02. The molecule has 82 valence electrons. The Bertz CT molecular complexity index is 178. The molecule has 3 heteroatoms. The third kappa shape index (κ3) is 6.08. The number of esters is 1. The van der Waals surface area contributed by atoms with Crippen LogP contribution in [0.3, 0.4) is 0 Å². The number of rotatable bonds is 7. The van der Waals surface area contributed by atoms with Crippen molar-refractivity contribution in [2.75, 3.05) is 12.9 Å². The van der Waals surface area contributed by atoms with Crippen molar-refractivity contribution in [1.29, 1.82) is 0 Å². The molecule has 0 fully saturated rings. The van der Waals surface area contributed by atoms with Crippen molar-refractivity contribution < 1.29 is 9.53 Å². The summed E-state index contributed by atoms with van der Waals surface area (Å²) in [4.78, 5) is 11.4. The topological polar surface area (TPSA) is 26.3 Å². The van der Waals surface area contributed by atoms with Crippen LogP contribution in [-0.2, 0) is 9.53 Å². The monoisotopic (exact) mass is 216 g/mol. The van der Waals surface area contributed by atoms with Crippen molar-refractivity contribution in [3.05, 3.63) is 12.2 Å². The number of ether oxygens (including phenoxy) is 1. The van der Waals surface area contributed by atoms with E-state index in [1.165, 1.54) is 0 Å². The van der Waals surface area contributed by atoms with Gasteiger partial charge in [0.05, 0.1) is 6.61 Å². The molecule has 0 bridgehead atoms. The molecule has 0 heterocycles. The minimum atomic E-state index is -0.0690. The summed E-state index contributed by atoms with van der Waals surface area (Å²) in [5.41, 5.74) is 0.